The van der Waals surface area contributed by atoms with Crippen molar-refractivity contribution >= 4 is 11.7 Å². The third kappa shape index (κ3) is 3.68. The van der Waals surface area contributed by atoms with Crippen LogP contribution >= 0.6 is 0 Å². The molecule has 0 spiro atoms. The Morgan fingerprint density at radius 1 is 1.15 bits per heavy atom. The highest BCUT2D eigenvalue weighted by Crippen LogP contribution is 2.39. The summed E-state index contributed by atoms with van der Waals surface area (Å²) < 4.78 is 5.22. The minimum Gasteiger partial charge on any atom is -0.503 e. The lowest BCUT2D eigenvalue weighted by Crippen LogP contribution is -2.32. The fourth-order valence-electron chi connectivity index (χ4n) is 3.47. The molecule has 2 aromatic rings. The van der Waals surface area contributed by atoms with Crippen molar-refractivity contribution in [3.8, 4) is 0 Å². The van der Waals surface area contributed by atoms with Gasteiger partial charge in [0.2, 0.25) is 5.78 Å². The summed E-state index contributed by atoms with van der Waals surface area (Å²) >= 11 is 0. The number of hydrogen-bond acceptors (Lipinski definition) is 4. The second-order valence-corrected chi connectivity index (χ2v) is 6.77. The lowest BCUT2D eigenvalue weighted by Gasteiger charge is -2.26. The Morgan fingerprint density at radius 3 is 2.48 bits per heavy atom. The molecule has 1 aromatic heterocycles. The Hall–Kier alpha value is -2.82. The molecule has 0 saturated heterocycles. The summed E-state index contributed by atoms with van der Waals surface area (Å²) in [5.74, 6) is -1.30. The molecule has 0 aliphatic carbocycles. The second kappa shape index (κ2) is 8.25. The quantitative estimate of drug-likeness (QED) is 0.546. The molecule has 5 heteroatoms. The number of aliphatic hydroxyl groups excluding tert-OH is 1. The van der Waals surface area contributed by atoms with E-state index < -0.39 is 23.5 Å². The van der Waals surface area contributed by atoms with E-state index in [1.54, 1.807) is 17.0 Å². The Labute approximate surface area is 159 Å². The van der Waals surface area contributed by atoms with Crippen LogP contribution in [0.25, 0.3) is 0 Å². The summed E-state index contributed by atoms with van der Waals surface area (Å²) in [7, 11) is 0. The van der Waals surface area contributed by atoms with Crippen LogP contribution in [0, 0.1) is 0 Å². The number of carbonyl (C=O) groups is 2. The van der Waals surface area contributed by atoms with E-state index in [-0.39, 0.29) is 11.3 Å². The monoisotopic (exact) mass is 367 g/mol. The van der Waals surface area contributed by atoms with Crippen LogP contribution in [0.5, 0.6) is 0 Å². The predicted octanol–water partition coefficient (Wildman–Crippen LogP) is 4.61. The van der Waals surface area contributed by atoms with E-state index in [0.29, 0.717) is 6.54 Å². The summed E-state index contributed by atoms with van der Waals surface area (Å²) in [5, 5.41) is 10.5. The number of Topliss-reactive ketones (excluding diaryl/α,β-unsaturated/α-hetero) is 1. The minimum absolute atomic E-state index is 0.0932. The van der Waals surface area contributed by atoms with Crippen LogP contribution < -0.4 is 0 Å². The maximum Gasteiger partial charge on any atom is 0.290 e. The van der Waals surface area contributed by atoms with Crippen molar-refractivity contribution < 1.29 is 19.1 Å². The first-order valence-electron chi connectivity index (χ1n) is 9.49. The summed E-state index contributed by atoms with van der Waals surface area (Å²) in [5.41, 5.74) is 2.08. The Morgan fingerprint density at radius 2 is 1.89 bits per heavy atom. The Bertz CT molecular complexity index is 834. The topological polar surface area (TPSA) is 70.8 Å². The molecule has 2 heterocycles. The minimum atomic E-state index is -0.599. The van der Waals surface area contributed by atoms with E-state index >= 15 is 0 Å². The van der Waals surface area contributed by atoms with Gasteiger partial charge in [0.05, 0.1) is 17.9 Å². The van der Waals surface area contributed by atoms with Gasteiger partial charge in [-0.15, -0.1) is 0 Å². The first-order chi connectivity index (χ1) is 13.1. The van der Waals surface area contributed by atoms with Gasteiger partial charge >= 0.3 is 0 Å². The number of benzene rings is 1. The fraction of sp³-hybridized carbons (Fsp3) is 0.364. The second-order valence-electron chi connectivity index (χ2n) is 6.77. The van der Waals surface area contributed by atoms with Crippen LogP contribution in [0.3, 0.4) is 0 Å². The molecule has 1 amide bonds. The number of aryl methyl sites for hydroxylation is 1. The van der Waals surface area contributed by atoms with Gasteiger partial charge in [0, 0.05) is 6.54 Å². The first-order valence-corrected chi connectivity index (χ1v) is 9.49. The van der Waals surface area contributed by atoms with Gasteiger partial charge in [0.1, 0.15) is 0 Å². The molecule has 27 heavy (non-hydrogen) atoms. The number of carbonyl (C=O) groups excluding carboxylic acids is 2. The number of ketones is 1. The molecule has 1 unspecified atom stereocenters. The number of rotatable bonds is 8. The van der Waals surface area contributed by atoms with E-state index in [4.69, 9.17) is 4.42 Å². The van der Waals surface area contributed by atoms with Crippen LogP contribution in [-0.2, 0) is 11.2 Å². The van der Waals surface area contributed by atoms with Gasteiger partial charge in [0.15, 0.2) is 11.5 Å². The molecule has 0 saturated carbocycles. The van der Waals surface area contributed by atoms with Crippen LogP contribution in [0.2, 0.25) is 0 Å². The van der Waals surface area contributed by atoms with Crippen molar-refractivity contribution in [1.29, 1.82) is 0 Å². The van der Waals surface area contributed by atoms with Gasteiger partial charge < -0.3 is 14.4 Å². The van der Waals surface area contributed by atoms with Gasteiger partial charge in [-0.05, 0) is 36.1 Å². The summed E-state index contributed by atoms with van der Waals surface area (Å²) in [6.45, 7) is 4.66. The van der Waals surface area contributed by atoms with E-state index in [1.807, 2.05) is 24.3 Å². The maximum absolute atomic E-state index is 13.0. The van der Waals surface area contributed by atoms with Crippen LogP contribution in [0.4, 0.5) is 0 Å². The zero-order chi connectivity index (χ0) is 19.4. The third-order valence-corrected chi connectivity index (χ3v) is 5.00. The smallest absolute Gasteiger partial charge is 0.290 e. The number of unbranched alkanes of at least 4 members (excludes halogenated alkanes) is 2. The summed E-state index contributed by atoms with van der Waals surface area (Å²) in [6, 6.07) is 10.4. The highest BCUT2D eigenvalue weighted by molar-refractivity contribution is 6.14. The lowest BCUT2D eigenvalue weighted by molar-refractivity contribution is -0.129. The average Bonchev–Trinajstić information content (AvgIpc) is 3.31. The SMILES string of the molecule is CCCCCN1C(=O)C(O)=C(C(=O)c2ccco2)C1c1ccc(CC)cc1. The highest BCUT2D eigenvalue weighted by Gasteiger charge is 2.44. The largest absolute Gasteiger partial charge is 0.503 e. The number of aliphatic hydroxyl groups is 1. The van der Waals surface area contributed by atoms with Crippen LogP contribution in [0.15, 0.2) is 58.4 Å². The highest BCUT2D eigenvalue weighted by atomic mass is 16.3. The number of amides is 1. The molecule has 5 nitrogen and oxygen atoms in total. The van der Waals surface area contributed by atoms with Gasteiger partial charge in [0.25, 0.3) is 5.91 Å². The van der Waals surface area contributed by atoms with Crippen LogP contribution in [0.1, 0.15) is 60.8 Å². The number of furan rings is 1. The van der Waals surface area contributed by atoms with Crippen molar-refractivity contribution in [3.63, 3.8) is 0 Å². The number of hydrogen-bond donors (Lipinski definition) is 1. The van der Waals surface area contributed by atoms with Gasteiger partial charge in [-0.2, -0.15) is 0 Å². The molecule has 1 aliphatic rings. The molecule has 0 bridgehead atoms. The van der Waals surface area contributed by atoms with E-state index in [9.17, 15) is 14.7 Å². The van der Waals surface area contributed by atoms with E-state index in [1.165, 1.54) is 11.8 Å². The predicted molar refractivity (Wildman–Crippen MR) is 102 cm³/mol. The zero-order valence-corrected chi connectivity index (χ0v) is 15.8. The molecule has 142 valence electrons. The molecule has 1 aromatic carbocycles. The van der Waals surface area contributed by atoms with Crippen molar-refractivity contribution in [2.24, 2.45) is 0 Å². The molecule has 0 fully saturated rings. The standard InChI is InChI=1S/C22H25NO4/c1-3-5-6-13-23-19(16-11-9-15(4-2)10-12-16)18(21(25)22(23)26)20(24)17-8-7-14-27-17/h7-12,14,19,25H,3-6,13H2,1-2H3. The van der Waals surface area contributed by atoms with Crippen molar-refractivity contribution in [2.45, 2.75) is 45.6 Å². The van der Waals surface area contributed by atoms with E-state index in [0.717, 1.165) is 31.2 Å². The summed E-state index contributed by atoms with van der Waals surface area (Å²) in [6.07, 6.45) is 5.14. The zero-order valence-electron chi connectivity index (χ0n) is 15.8. The lowest BCUT2D eigenvalue weighted by atomic mass is 9.94. The molecule has 0 radical (unpaired) electrons. The van der Waals surface area contributed by atoms with Crippen molar-refractivity contribution in [2.75, 3.05) is 6.54 Å². The molecule has 1 N–H and O–H groups in total. The van der Waals surface area contributed by atoms with Gasteiger partial charge in [-0.25, -0.2) is 0 Å². The molecular formula is C22H25NO4. The summed E-state index contributed by atoms with van der Waals surface area (Å²) in [4.78, 5) is 27.3. The fourth-order valence-corrected chi connectivity index (χ4v) is 3.47. The van der Waals surface area contributed by atoms with Crippen molar-refractivity contribution in [1.82, 2.24) is 4.90 Å². The van der Waals surface area contributed by atoms with Crippen molar-refractivity contribution in [3.05, 3.63) is 70.9 Å². The van der Waals surface area contributed by atoms with Gasteiger partial charge in [-0.3, -0.25) is 9.59 Å². The molecule has 1 aliphatic heterocycles. The Kier molecular flexibility index (Phi) is 5.79. The maximum atomic E-state index is 13.0. The molecular weight excluding hydrogens is 342 g/mol. The molecule has 1 atom stereocenters. The normalized spacial score (nSPS) is 17.0. The van der Waals surface area contributed by atoms with Gasteiger partial charge in [-0.1, -0.05) is 51.0 Å². The Balaban J connectivity index is 2.01. The van der Waals surface area contributed by atoms with Crippen LogP contribution in [-0.4, -0.2) is 28.2 Å². The molecule has 3 rings (SSSR count). The first kappa shape index (κ1) is 19.0. The average molecular weight is 367 g/mol. The van der Waals surface area contributed by atoms with E-state index in [2.05, 4.69) is 13.8 Å². The third-order valence-electron chi connectivity index (χ3n) is 5.00. The number of nitrogens with zero attached hydrogens (tertiary/aromatic N) is 1.